The third kappa shape index (κ3) is 5.32. The number of ether oxygens (including phenoxy) is 2. The van der Waals surface area contributed by atoms with Gasteiger partial charge in [-0.25, -0.2) is 4.39 Å². The van der Waals surface area contributed by atoms with Crippen molar-refractivity contribution in [1.29, 1.82) is 0 Å². The predicted octanol–water partition coefficient (Wildman–Crippen LogP) is 1.95. The summed E-state index contributed by atoms with van der Waals surface area (Å²) in [5.74, 6) is -1.25. The summed E-state index contributed by atoms with van der Waals surface area (Å²) in [4.78, 5) is 12.4. The number of carbonyl (C=O) groups is 1. The van der Waals surface area contributed by atoms with E-state index in [9.17, 15) is 23.1 Å². The van der Waals surface area contributed by atoms with E-state index >= 15 is 0 Å². The number of halogens is 3. The first-order valence-electron chi connectivity index (χ1n) is 8.71. The average molecular weight is 402 g/mol. The zero-order valence-electron chi connectivity index (χ0n) is 16.4. The molecule has 0 spiro atoms. The molecule has 1 aliphatic rings. The van der Waals surface area contributed by atoms with Gasteiger partial charge in [-0.1, -0.05) is 0 Å². The first kappa shape index (κ1) is 22.4. The van der Waals surface area contributed by atoms with E-state index in [0.29, 0.717) is 0 Å². The number of methoxy groups -OCH3 is 1. The van der Waals surface area contributed by atoms with Gasteiger partial charge in [-0.2, -0.15) is 8.78 Å². The molecule has 1 aromatic rings. The fraction of sp³-hybridized carbons (Fsp3) is 0.611. The van der Waals surface area contributed by atoms with Crippen LogP contribution in [0.5, 0.6) is 11.5 Å². The van der Waals surface area contributed by atoms with Crippen molar-refractivity contribution in [3.05, 3.63) is 17.7 Å². The summed E-state index contributed by atoms with van der Waals surface area (Å²) in [6, 6.07) is 1.93. The Labute approximate surface area is 162 Å². The first-order valence-corrected chi connectivity index (χ1v) is 8.71. The van der Waals surface area contributed by atoms with Crippen LogP contribution < -0.4 is 20.3 Å². The van der Waals surface area contributed by atoms with Crippen LogP contribution in [0.15, 0.2) is 12.1 Å². The highest BCUT2D eigenvalue weighted by Crippen LogP contribution is 2.32. The summed E-state index contributed by atoms with van der Waals surface area (Å²) in [5.41, 5.74) is -2.18. The van der Waals surface area contributed by atoms with Gasteiger partial charge < -0.3 is 24.6 Å². The molecule has 2 N–H and O–H groups in total. The van der Waals surface area contributed by atoms with Gasteiger partial charge in [0, 0.05) is 6.42 Å². The monoisotopic (exact) mass is 402 g/mol. The van der Waals surface area contributed by atoms with Crippen molar-refractivity contribution in [3.63, 3.8) is 0 Å². The molecule has 1 fully saturated rings. The third-order valence-electron chi connectivity index (χ3n) is 4.74. The molecule has 1 saturated carbocycles. The lowest BCUT2D eigenvalue weighted by atomic mass is 9.82. The minimum absolute atomic E-state index is 0.0392. The highest BCUT2D eigenvalue weighted by atomic mass is 19.3. The summed E-state index contributed by atoms with van der Waals surface area (Å²) in [5, 5.41) is 12.6. The normalized spacial score (nSPS) is 19.4. The number of aliphatic hydroxyl groups is 1. The second kappa shape index (κ2) is 8.20. The highest BCUT2D eigenvalue weighted by molar-refractivity contribution is 6.47. The van der Waals surface area contributed by atoms with E-state index < -0.39 is 41.7 Å². The predicted molar refractivity (Wildman–Crippen MR) is 97.2 cm³/mol. The molecule has 0 bridgehead atoms. The molecule has 2 rings (SSSR count). The summed E-state index contributed by atoms with van der Waals surface area (Å²) < 4.78 is 54.1. The Morgan fingerprint density at radius 3 is 2.32 bits per heavy atom. The maximum absolute atomic E-state index is 13.1. The van der Waals surface area contributed by atoms with Crippen LogP contribution in [0.25, 0.3) is 0 Å². The van der Waals surface area contributed by atoms with E-state index in [1.54, 1.807) is 27.7 Å². The van der Waals surface area contributed by atoms with E-state index in [2.05, 4.69) is 10.1 Å². The van der Waals surface area contributed by atoms with Gasteiger partial charge in [-0.3, -0.25) is 4.79 Å². The maximum Gasteiger partial charge on any atom is 0.387 e. The van der Waals surface area contributed by atoms with Crippen LogP contribution >= 0.6 is 0 Å². The lowest BCUT2D eigenvalue weighted by Gasteiger charge is -2.37. The quantitative estimate of drug-likeness (QED) is 0.618. The Morgan fingerprint density at radius 1 is 1.29 bits per heavy atom. The van der Waals surface area contributed by atoms with Crippen LogP contribution in [0.2, 0.25) is 0 Å². The van der Waals surface area contributed by atoms with Crippen molar-refractivity contribution in [2.75, 3.05) is 7.11 Å². The van der Waals surface area contributed by atoms with E-state index in [1.807, 2.05) is 0 Å². The molecular weight excluding hydrogens is 378 g/mol. The van der Waals surface area contributed by atoms with Gasteiger partial charge in [0.25, 0.3) is 5.91 Å². The maximum atomic E-state index is 13.1. The molecular formula is C18H24BF3NO5. The van der Waals surface area contributed by atoms with Crippen LogP contribution in [-0.4, -0.2) is 55.6 Å². The second-order valence-corrected chi connectivity index (χ2v) is 7.61. The second-order valence-electron chi connectivity index (χ2n) is 7.61. The number of rotatable bonds is 9. The van der Waals surface area contributed by atoms with Gasteiger partial charge in [0.15, 0.2) is 0 Å². The number of benzene rings is 1. The summed E-state index contributed by atoms with van der Waals surface area (Å²) in [6.07, 6.45) is -0.982. The Balaban J connectivity index is 2.32. The third-order valence-corrected chi connectivity index (χ3v) is 4.74. The van der Waals surface area contributed by atoms with Gasteiger partial charge in [0.2, 0.25) is 0 Å². The van der Waals surface area contributed by atoms with Gasteiger partial charge in [-0.05, 0) is 45.3 Å². The fourth-order valence-corrected chi connectivity index (χ4v) is 2.17. The van der Waals surface area contributed by atoms with Crippen molar-refractivity contribution in [2.24, 2.45) is 0 Å². The SMILES string of the molecule is COc1cc([B]OC(C)(C)C(C)(C)O)cc(OC(F)F)c1C(=O)NC1CC1F. The summed E-state index contributed by atoms with van der Waals surface area (Å²) in [7, 11) is 2.51. The van der Waals surface area contributed by atoms with E-state index in [0.717, 1.165) is 0 Å². The molecule has 0 aromatic heterocycles. The number of amides is 1. The van der Waals surface area contributed by atoms with Crippen LogP contribution in [0.4, 0.5) is 13.2 Å². The molecule has 0 aliphatic heterocycles. The molecule has 1 aromatic carbocycles. The fourth-order valence-electron chi connectivity index (χ4n) is 2.17. The highest BCUT2D eigenvalue weighted by Gasteiger charge is 2.40. The molecule has 6 nitrogen and oxygen atoms in total. The number of hydrogen-bond acceptors (Lipinski definition) is 5. The zero-order chi connectivity index (χ0) is 21.3. The van der Waals surface area contributed by atoms with Gasteiger partial charge in [0.05, 0.1) is 24.4 Å². The minimum atomic E-state index is -3.19. The van der Waals surface area contributed by atoms with Crippen LogP contribution in [0, 0.1) is 0 Å². The number of carbonyl (C=O) groups excluding carboxylic acids is 1. The van der Waals surface area contributed by atoms with Crippen LogP contribution in [-0.2, 0) is 4.65 Å². The number of alkyl halides is 3. The lowest BCUT2D eigenvalue weighted by Crippen LogP contribution is -2.49. The molecule has 1 amide bonds. The Bertz CT molecular complexity index is 724. The molecule has 0 saturated heterocycles. The summed E-state index contributed by atoms with van der Waals surface area (Å²) >= 11 is 0. The van der Waals surface area contributed by atoms with Crippen LogP contribution in [0.1, 0.15) is 44.5 Å². The van der Waals surface area contributed by atoms with E-state index in [-0.39, 0.29) is 23.2 Å². The Hall–Kier alpha value is -1.94. The minimum Gasteiger partial charge on any atom is -0.496 e. The van der Waals surface area contributed by atoms with E-state index in [1.165, 1.54) is 26.7 Å². The molecule has 155 valence electrons. The molecule has 1 radical (unpaired) electrons. The molecule has 1 aliphatic carbocycles. The van der Waals surface area contributed by atoms with Crippen molar-refractivity contribution in [3.8, 4) is 11.5 Å². The Morgan fingerprint density at radius 2 is 1.86 bits per heavy atom. The first-order chi connectivity index (χ1) is 12.9. The Kier molecular flexibility index (Phi) is 6.55. The summed E-state index contributed by atoms with van der Waals surface area (Å²) in [6.45, 7) is 3.26. The topological polar surface area (TPSA) is 77.0 Å². The number of hydrogen-bond donors (Lipinski definition) is 2. The van der Waals surface area contributed by atoms with Crippen molar-refractivity contribution < 1.29 is 37.2 Å². The average Bonchev–Trinajstić information content (AvgIpc) is 3.25. The standard InChI is InChI=1S/C18H24BF3NO5/c1-17(2,25)18(3,4)28-19-9-6-12(26-5)14(13(7-9)27-16(21)22)15(24)23-11-8-10(11)20/h6-7,10-11,16,25H,8H2,1-5H3,(H,23,24). The van der Waals surface area contributed by atoms with Gasteiger partial charge in [-0.15, -0.1) is 0 Å². The molecule has 2 atom stereocenters. The molecule has 10 heteroatoms. The molecule has 28 heavy (non-hydrogen) atoms. The van der Waals surface area contributed by atoms with E-state index in [4.69, 9.17) is 9.39 Å². The smallest absolute Gasteiger partial charge is 0.387 e. The van der Waals surface area contributed by atoms with Gasteiger partial charge >= 0.3 is 14.1 Å². The van der Waals surface area contributed by atoms with Crippen molar-refractivity contribution in [1.82, 2.24) is 5.32 Å². The lowest BCUT2D eigenvalue weighted by molar-refractivity contribution is -0.0893. The van der Waals surface area contributed by atoms with Crippen LogP contribution in [0.3, 0.4) is 0 Å². The largest absolute Gasteiger partial charge is 0.496 e. The van der Waals surface area contributed by atoms with Gasteiger partial charge in [0.1, 0.15) is 23.2 Å². The zero-order valence-corrected chi connectivity index (χ0v) is 16.4. The van der Waals surface area contributed by atoms with Crippen molar-refractivity contribution >= 4 is 18.9 Å². The number of nitrogens with one attached hydrogen (secondary N) is 1. The van der Waals surface area contributed by atoms with Crippen molar-refractivity contribution in [2.45, 2.75) is 64.1 Å². The molecule has 0 heterocycles. The molecule has 2 unspecified atom stereocenters.